The molecule has 0 rings (SSSR count). The minimum Gasteiger partial charge on any atom is -0.366 e. The quantitative estimate of drug-likeness (QED) is 0.739. The van der Waals surface area contributed by atoms with Crippen molar-refractivity contribution in [1.82, 2.24) is 5.32 Å². The third kappa shape index (κ3) is 6.89. The summed E-state index contributed by atoms with van der Waals surface area (Å²) < 4.78 is 5.37. The Morgan fingerprint density at radius 2 is 1.79 bits per heavy atom. The van der Waals surface area contributed by atoms with Gasteiger partial charge >= 0.3 is 0 Å². The van der Waals surface area contributed by atoms with Crippen molar-refractivity contribution in [2.24, 2.45) is 0 Å². The molecule has 0 aromatic carbocycles. The molecular formula is C11H23NO2. The van der Waals surface area contributed by atoms with Gasteiger partial charge in [-0.2, -0.15) is 0 Å². The molecule has 0 spiro atoms. The van der Waals surface area contributed by atoms with Gasteiger partial charge in [-0.25, -0.2) is 0 Å². The summed E-state index contributed by atoms with van der Waals surface area (Å²) in [4.78, 5) is 11.4. The second-order valence-electron chi connectivity index (χ2n) is 4.48. The molecule has 0 bridgehead atoms. The van der Waals surface area contributed by atoms with Crippen LogP contribution in [-0.4, -0.2) is 24.2 Å². The van der Waals surface area contributed by atoms with E-state index in [1.54, 1.807) is 0 Å². The Bertz CT molecular complexity index is 169. The Morgan fingerprint density at radius 3 is 2.14 bits per heavy atom. The molecule has 0 atom stereocenters. The Labute approximate surface area is 87.2 Å². The Hall–Kier alpha value is -0.570. The molecule has 3 heteroatoms. The van der Waals surface area contributed by atoms with Crippen molar-refractivity contribution in [3.63, 3.8) is 0 Å². The summed E-state index contributed by atoms with van der Waals surface area (Å²) in [6, 6.07) is 0.283. The number of carbonyl (C=O) groups excluding carboxylic acids is 1. The first kappa shape index (κ1) is 13.4. The highest BCUT2D eigenvalue weighted by Gasteiger charge is 2.14. The van der Waals surface area contributed by atoms with E-state index in [0.717, 1.165) is 12.8 Å². The first-order valence-corrected chi connectivity index (χ1v) is 5.32. The second-order valence-corrected chi connectivity index (χ2v) is 4.48. The van der Waals surface area contributed by atoms with Crippen LogP contribution in [0.5, 0.6) is 0 Å². The minimum absolute atomic E-state index is 0.0198. The van der Waals surface area contributed by atoms with Crippen molar-refractivity contribution in [3.8, 4) is 0 Å². The molecule has 84 valence electrons. The van der Waals surface area contributed by atoms with Crippen molar-refractivity contribution in [1.29, 1.82) is 0 Å². The summed E-state index contributed by atoms with van der Waals surface area (Å²) in [7, 11) is 0. The van der Waals surface area contributed by atoms with Crippen LogP contribution in [0.4, 0.5) is 0 Å². The maximum atomic E-state index is 11.4. The molecule has 0 aliphatic rings. The maximum absolute atomic E-state index is 11.4. The van der Waals surface area contributed by atoms with E-state index < -0.39 is 0 Å². The van der Waals surface area contributed by atoms with Crippen molar-refractivity contribution < 1.29 is 9.53 Å². The smallest absolute Gasteiger partial charge is 0.246 e. The molecular weight excluding hydrogens is 178 g/mol. The molecule has 0 aliphatic carbocycles. The molecule has 0 aromatic heterocycles. The van der Waals surface area contributed by atoms with Crippen LogP contribution in [0.1, 0.15) is 47.5 Å². The predicted molar refractivity (Wildman–Crippen MR) is 58.2 cm³/mol. The summed E-state index contributed by atoms with van der Waals surface area (Å²) in [6.07, 6.45) is 1.94. The number of amides is 1. The lowest BCUT2D eigenvalue weighted by Gasteiger charge is -2.20. The van der Waals surface area contributed by atoms with Gasteiger partial charge < -0.3 is 10.1 Å². The van der Waals surface area contributed by atoms with Crippen LogP contribution in [0.15, 0.2) is 0 Å². The van der Waals surface area contributed by atoms with E-state index in [1.165, 1.54) is 0 Å². The lowest BCUT2D eigenvalue weighted by Crippen LogP contribution is -2.38. The van der Waals surface area contributed by atoms with Gasteiger partial charge in [0.15, 0.2) is 0 Å². The van der Waals surface area contributed by atoms with Gasteiger partial charge in [0.1, 0.15) is 6.61 Å². The second kappa shape index (κ2) is 6.02. The molecule has 0 heterocycles. The summed E-state index contributed by atoms with van der Waals surface area (Å²) in [5.74, 6) is -0.0198. The monoisotopic (exact) mass is 201 g/mol. The maximum Gasteiger partial charge on any atom is 0.246 e. The van der Waals surface area contributed by atoms with E-state index in [4.69, 9.17) is 4.74 Å². The Kier molecular flexibility index (Phi) is 5.77. The van der Waals surface area contributed by atoms with Gasteiger partial charge in [0, 0.05) is 6.04 Å². The highest BCUT2D eigenvalue weighted by molar-refractivity contribution is 5.77. The molecule has 0 aromatic rings. The first-order valence-electron chi connectivity index (χ1n) is 5.32. The molecule has 0 saturated carbocycles. The number of hydrogen-bond acceptors (Lipinski definition) is 2. The van der Waals surface area contributed by atoms with Crippen molar-refractivity contribution in [2.75, 3.05) is 6.61 Å². The van der Waals surface area contributed by atoms with Crippen LogP contribution < -0.4 is 5.32 Å². The topological polar surface area (TPSA) is 38.3 Å². The van der Waals surface area contributed by atoms with E-state index in [1.807, 2.05) is 20.8 Å². The fourth-order valence-electron chi connectivity index (χ4n) is 1.04. The molecule has 0 saturated heterocycles. The van der Waals surface area contributed by atoms with Gasteiger partial charge in [-0.1, -0.05) is 13.8 Å². The SMILES string of the molecule is CCC(CC)NC(=O)COC(C)(C)C. The average molecular weight is 201 g/mol. The first-order chi connectivity index (χ1) is 6.39. The van der Waals surface area contributed by atoms with Gasteiger partial charge in [-0.3, -0.25) is 4.79 Å². The van der Waals surface area contributed by atoms with Gasteiger partial charge in [0.05, 0.1) is 5.60 Å². The van der Waals surface area contributed by atoms with E-state index in [2.05, 4.69) is 19.2 Å². The summed E-state index contributed by atoms with van der Waals surface area (Å²) in [5.41, 5.74) is -0.245. The largest absolute Gasteiger partial charge is 0.366 e. The normalized spacial score (nSPS) is 11.9. The Morgan fingerprint density at radius 1 is 1.29 bits per heavy atom. The van der Waals surface area contributed by atoms with Crippen LogP contribution in [0.25, 0.3) is 0 Å². The summed E-state index contributed by atoms with van der Waals surface area (Å²) in [6.45, 7) is 10.1. The van der Waals surface area contributed by atoms with E-state index >= 15 is 0 Å². The number of hydrogen-bond donors (Lipinski definition) is 1. The zero-order valence-corrected chi connectivity index (χ0v) is 10.0. The highest BCUT2D eigenvalue weighted by Crippen LogP contribution is 2.05. The van der Waals surface area contributed by atoms with Gasteiger partial charge in [0.25, 0.3) is 0 Å². The minimum atomic E-state index is -0.245. The molecule has 0 radical (unpaired) electrons. The van der Waals surface area contributed by atoms with Gasteiger partial charge in [-0.15, -0.1) is 0 Å². The van der Waals surface area contributed by atoms with Crippen molar-refractivity contribution >= 4 is 5.91 Å². The molecule has 3 nitrogen and oxygen atoms in total. The summed E-state index contributed by atoms with van der Waals surface area (Å²) in [5, 5.41) is 2.92. The summed E-state index contributed by atoms with van der Waals surface area (Å²) >= 11 is 0. The van der Waals surface area contributed by atoms with Gasteiger partial charge in [0.2, 0.25) is 5.91 Å². The molecule has 0 unspecified atom stereocenters. The molecule has 1 amide bonds. The van der Waals surface area contributed by atoms with Crippen LogP contribution in [0, 0.1) is 0 Å². The van der Waals surface area contributed by atoms with Crippen LogP contribution in [0.3, 0.4) is 0 Å². The number of ether oxygens (including phenoxy) is 1. The van der Waals surface area contributed by atoms with E-state index in [9.17, 15) is 4.79 Å². The predicted octanol–water partition coefficient (Wildman–Crippen LogP) is 2.11. The zero-order chi connectivity index (χ0) is 11.2. The highest BCUT2D eigenvalue weighted by atomic mass is 16.5. The van der Waals surface area contributed by atoms with Crippen LogP contribution in [-0.2, 0) is 9.53 Å². The molecule has 0 fully saturated rings. The fourth-order valence-corrected chi connectivity index (χ4v) is 1.04. The lowest BCUT2D eigenvalue weighted by atomic mass is 10.2. The third-order valence-electron chi connectivity index (χ3n) is 1.99. The standard InChI is InChI=1S/C11H23NO2/c1-6-9(7-2)12-10(13)8-14-11(3,4)5/h9H,6-8H2,1-5H3,(H,12,13). The third-order valence-corrected chi connectivity index (χ3v) is 1.99. The molecule has 0 aliphatic heterocycles. The number of carbonyl (C=O) groups is 1. The molecule has 14 heavy (non-hydrogen) atoms. The van der Waals surface area contributed by atoms with Crippen molar-refractivity contribution in [3.05, 3.63) is 0 Å². The molecule has 1 N–H and O–H groups in total. The van der Waals surface area contributed by atoms with Crippen LogP contribution >= 0.6 is 0 Å². The number of nitrogens with one attached hydrogen (secondary N) is 1. The van der Waals surface area contributed by atoms with E-state index in [-0.39, 0.29) is 24.2 Å². The lowest BCUT2D eigenvalue weighted by molar-refractivity contribution is -0.131. The van der Waals surface area contributed by atoms with Crippen molar-refractivity contribution in [2.45, 2.75) is 59.1 Å². The zero-order valence-electron chi connectivity index (χ0n) is 10.0. The average Bonchev–Trinajstić information content (AvgIpc) is 2.09. The number of rotatable bonds is 5. The van der Waals surface area contributed by atoms with Gasteiger partial charge in [-0.05, 0) is 33.6 Å². The van der Waals surface area contributed by atoms with E-state index in [0.29, 0.717) is 0 Å². The van der Waals surface area contributed by atoms with Crippen LogP contribution in [0.2, 0.25) is 0 Å². The fraction of sp³-hybridized carbons (Fsp3) is 0.909. The Balaban J connectivity index is 3.75.